The first kappa shape index (κ1) is 12.9. The molecule has 0 N–H and O–H groups in total. The van der Waals surface area contributed by atoms with Gasteiger partial charge in [-0.1, -0.05) is 0 Å². The molecule has 2 saturated heterocycles. The van der Waals surface area contributed by atoms with Crippen molar-refractivity contribution in [2.24, 2.45) is 0 Å². The minimum absolute atomic E-state index is 0.143. The van der Waals surface area contributed by atoms with E-state index in [1.165, 1.54) is 0 Å². The summed E-state index contributed by atoms with van der Waals surface area (Å²) in [7, 11) is -0.177. The molecule has 1 amide bonds. The summed E-state index contributed by atoms with van der Waals surface area (Å²) in [5, 5.41) is 0. The van der Waals surface area contributed by atoms with Gasteiger partial charge >= 0.3 is 7.12 Å². The third-order valence-corrected chi connectivity index (χ3v) is 4.33. The number of carbonyl (C=O) groups is 1. The molecule has 2 rings (SSSR count). The fraction of sp³-hybridized carbons (Fsp3) is 0.917. The third kappa shape index (κ3) is 2.23. The van der Waals surface area contributed by atoms with Crippen LogP contribution in [0.3, 0.4) is 0 Å². The number of rotatable bonds is 1. The van der Waals surface area contributed by atoms with Gasteiger partial charge in [0.25, 0.3) is 0 Å². The first-order valence-electron chi connectivity index (χ1n) is 6.34. The Kier molecular flexibility index (Phi) is 3.03. The first-order valence-corrected chi connectivity index (χ1v) is 6.34. The molecule has 1 unspecified atom stereocenters. The largest absolute Gasteiger partial charge is 0.463 e. The van der Waals surface area contributed by atoms with Crippen LogP contribution in [-0.4, -0.2) is 42.2 Å². The van der Waals surface area contributed by atoms with Crippen LogP contribution in [0.15, 0.2) is 0 Å². The fourth-order valence-electron chi connectivity index (χ4n) is 2.38. The summed E-state index contributed by atoms with van der Waals surface area (Å²) in [6.45, 7) is 11.4. The molecular formula is C12H22BNO3. The highest BCUT2D eigenvalue weighted by Gasteiger charge is 2.54. The molecule has 1 atom stereocenters. The van der Waals surface area contributed by atoms with Gasteiger partial charge in [0.05, 0.1) is 11.2 Å². The number of amides is 1. The van der Waals surface area contributed by atoms with E-state index in [0.29, 0.717) is 5.82 Å². The summed E-state index contributed by atoms with van der Waals surface area (Å²) in [5.41, 5.74) is -0.553. The Morgan fingerprint density at radius 1 is 1.24 bits per heavy atom. The highest BCUT2D eigenvalue weighted by molar-refractivity contribution is 6.47. The molecule has 17 heavy (non-hydrogen) atoms. The Hall–Kier alpha value is -0.545. The molecule has 0 radical (unpaired) electrons. The van der Waals surface area contributed by atoms with E-state index in [1.54, 1.807) is 6.92 Å². The van der Waals surface area contributed by atoms with E-state index >= 15 is 0 Å². The summed E-state index contributed by atoms with van der Waals surface area (Å²) in [5.74, 6) is 0.448. The molecular weight excluding hydrogens is 217 g/mol. The number of hydrogen-bond donors (Lipinski definition) is 0. The van der Waals surface area contributed by atoms with Gasteiger partial charge in [-0.15, -0.1) is 0 Å². The predicted molar refractivity (Wildman–Crippen MR) is 66.7 cm³/mol. The second-order valence-corrected chi connectivity index (χ2v) is 6.14. The van der Waals surface area contributed by atoms with Crippen molar-refractivity contribution in [2.75, 3.05) is 13.1 Å². The maximum absolute atomic E-state index is 11.3. The van der Waals surface area contributed by atoms with Crippen molar-refractivity contribution in [1.82, 2.24) is 4.90 Å². The molecule has 0 aromatic rings. The number of carbonyl (C=O) groups excluding carboxylic acids is 1. The molecule has 96 valence electrons. The van der Waals surface area contributed by atoms with Gasteiger partial charge in [0.15, 0.2) is 0 Å². The molecule has 0 aromatic carbocycles. The van der Waals surface area contributed by atoms with Crippen molar-refractivity contribution >= 4 is 13.0 Å². The highest BCUT2D eigenvalue weighted by atomic mass is 16.7. The van der Waals surface area contributed by atoms with Crippen molar-refractivity contribution in [3.05, 3.63) is 0 Å². The summed E-state index contributed by atoms with van der Waals surface area (Å²) < 4.78 is 12.0. The number of nitrogens with zero attached hydrogens (tertiary/aromatic N) is 1. The maximum atomic E-state index is 11.3. The van der Waals surface area contributed by atoms with E-state index in [-0.39, 0.29) is 24.2 Å². The molecule has 2 aliphatic heterocycles. The van der Waals surface area contributed by atoms with E-state index in [2.05, 4.69) is 27.7 Å². The lowest BCUT2D eigenvalue weighted by Crippen LogP contribution is -2.41. The molecule has 2 heterocycles. The topological polar surface area (TPSA) is 38.8 Å². The van der Waals surface area contributed by atoms with Crippen LogP contribution >= 0.6 is 0 Å². The summed E-state index contributed by atoms with van der Waals surface area (Å²) in [6, 6.07) is 0. The molecule has 0 aliphatic carbocycles. The minimum Gasteiger partial charge on any atom is -0.403 e. The maximum Gasteiger partial charge on any atom is 0.463 e. The van der Waals surface area contributed by atoms with Crippen LogP contribution in [0.2, 0.25) is 5.82 Å². The normalized spacial score (nSPS) is 31.0. The van der Waals surface area contributed by atoms with Gasteiger partial charge in [-0.3, -0.25) is 4.79 Å². The Labute approximate surface area is 104 Å². The third-order valence-electron chi connectivity index (χ3n) is 4.33. The van der Waals surface area contributed by atoms with Crippen LogP contribution < -0.4 is 0 Å². The van der Waals surface area contributed by atoms with E-state index < -0.39 is 0 Å². The summed E-state index contributed by atoms with van der Waals surface area (Å²) in [6.07, 6.45) is 0.969. The molecule has 0 saturated carbocycles. The molecule has 0 aromatic heterocycles. The summed E-state index contributed by atoms with van der Waals surface area (Å²) in [4.78, 5) is 13.2. The van der Waals surface area contributed by atoms with Gasteiger partial charge in [0.1, 0.15) is 0 Å². The van der Waals surface area contributed by atoms with Crippen LogP contribution in [0.1, 0.15) is 41.0 Å². The van der Waals surface area contributed by atoms with Crippen molar-refractivity contribution in [3.8, 4) is 0 Å². The van der Waals surface area contributed by atoms with Crippen LogP contribution in [0.25, 0.3) is 0 Å². The minimum atomic E-state index is -0.276. The van der Waals surface area contributed by atoms with Crippen LogP contribution in [0.5, 0.6) is 0 Å². The van der Waals surface area contributed by atoms with E-state index in [0.717, 1.165) is 19.5 Å². The summed E-state index contributed by atoms with van der Waals surface area (Å²) >= 11 is 0. The van der Waals surface area contributed by atoms with Gasteiger partial charge in [-0.05, 0) is 34.1 Å². The van der Waals surface area contributed by atoms with Crippen molar-refractivity contribution < 1.29 is 14.1 Å². The predicted octanol–water partition coefficient (Wildman–Crippen LogP) is 1.70. The fourth-order valence-corrected chi connectivity index (χ4v) is 2.38. The van der Waals surface area contributed by atoms with Crippen molar-refractivity contribution in [1.29, 1.82) is 0 Å². The number of hydrogen-bond acceptors (Lipinski definition) is 3. The van der Waals surface area contributed by atoms with E-state index in [9.17, 15) is 4.79 Å². The lowest BCUT2D eigenvalue weighted by Gasteiger charge is -2.32. The molecule has 0 bridgehead atoms. The van der Waals surface area contributed by atoms with E-state index in [1.807, 2.05) is 4.90 Å². The molecule has 0 spiro atoms. The Balaban J connectivity index is 2.01. The number of likely N-dealkylation sites (tertiary alicyclic amines) is 1. The second kappa shape index (κ2) is 3.99. The van der Waals surface area contributed by atoms with Gasteiger partial charge < -0.3 is 14.2 Å². The SMILES string of the molecule is CC(=O)N1CCC(B2OC(C)(C)C(C)(C)O2)C1. The first-order chi connectivity index (χ1) is 7.73. The quantitative estimate of drug-likeness (QED) is 0.654. The standard InChI is InChI=1S/C12H22BNO3/c1-9(15)14-7-6-10(8-14)13-16-11(2,3)12(4,5)17-13/h10H,6-8H2,1-5H3. The van der Waals surface area contributed by atoms with Crippen LogP contribution in [0, 0.1) is 0 Å². The lowest BCUT2D eigenvalue weighted by atomic mass is 9.71. The Bertz CT molecular complexity index is 314. The van der Waals surface area contributed by atoms with Gasteiger partial charge in [-0.25, -0.2) is 0 Å². The molecule has 4 nitrogen and oxygen atoms in total. The monoisotopic (exact) mass is 239 g/mol. The smallest absolute Gasteiger partial charge is 0.403 e. The van der Waals surface area contributed by atoms with Crippen molar-refractivity contribution in [2.45, 2.75) is 58.1 Å². The molecule has 5 heteroatoms. The lowest BCUT2D eigenvalue weighted by molar-refractivity contribution is -0.127. The molecule has 2 aliphatic rings. The second-order valence-electron chi connectivity index (χ2n) is 6.14. The van der Waals surface area contributed by atoms with Crippen LogP contribution in [-0.2, 0) is 14.1 Å². The average Bonchev–Trinajstić information content (AvgIpc) is 2.70. The van der Waals surface area contributed by atoms with Crippen LogP contribution in [0.4, 0.5) is 0 Å². The zero-order valence-corrected chi connectivity index (χ0v) is 11.4. The molecule has 2 fully saturated rings. The zero-order chi connectivity index (χ0) is 12.8. The highest BCUT2D eigenvalue weighted by Crippen LogP contribution is 2.42. The Morgan fingerprint density at radius 3 is 2.18 bits per heavy atom. The zero-order valence-electron chi connectivity index (χ0n) is 11.4. The Morgan fingerprint density at radius 2 is 1.76 bits per heavy atom. The van der Waals surface area contributed by atoms with Gasteiger partial charge in [0, 0.05) is 25.8 Å². The van der Waals surface area contributed by atoms with E-state index in [4.69, 9.17) is 9.31 Å². The van der Waals surface area contributed by atoms with Gasteiger partial charge in [-0.2, -0.15) is 0 Å². The average molecular weight is 239 g/mol. The van der Waals surface area contributed by atoms with Crippen molar-refractivity contribution in [3.63, 3.8) is 0 Å². The van der Waals surface area contributed by atoms with Gasteiger partial charge in [0.2, 0.25) is 5.91 Å².